The normalized spacial score (nSPS) is 13.3. The number of rotatable bonds is 2. The second kappa shape index (κ2) is 5.01. The predicted octanol–water partition coefficient (Wildman–Crippen LogP) is 2.32. The van der Waals surface area contributed by atoms with Gasteiger partial charge in [0.2, 0.25) is 0 Å². The van der Waals surface area contributed by atoms with Crippen molar-refractivity contribution in [3.63, 3.8) is 0 Å². The van der Waals surface area contributed by atoms with Gasteiger partial charge in [-0.05, 0) is 48.4 Å². The highest BCUT2D eigenvalue weighted by molar-refractivity contribution is 6.00. The lowest BCUT2D eigenvalue weighted by molar-refractivity contribution is 0.0734. The Morgan fingerprint density at radius 2 is 2.04 bits per heavy atom. The maximum absolute atomic E-state index is 12.3. The summed E-state index contributed by atoms with van der Waals surface area (Å²) < 4.78 is 7.05. The van der Waals surface area contributed by atoms with Crippen molar-refractivity contribution < 1.29 is 14.3 Å². The third kappa shape index (κ3) is 2.28. The van der Waals surface area contributed by atoms with Crippen molar-refractivity contribution in [1.29, 1.82) is 0 Å². The van der Waals surface area contributed by atoms with Crippen LogP contribution in [0.25, 0.3) is 11.0 Å². The zero-order valence-electron chi connectivity index (χ0n) is 12.4. The van der Waals surface area contributed by atoms with E-state index < -0.39 is 5.97 Å². The van der Waals surface area contributed by atoms with E-state index in [0.717, 1.165) is 16.6 Å². The smallest absolute Gasteiger partial charge is 0.343 e. The number of carbonyl (C=O) groups excluding carboxylic acids is 2. The highest BCUT2D eigenvalue weighted by Gasteiger charge is 2.20. The van der Waals surface area contributed by atoms with E-state index in [1.165, 1.54) is 0 Å². The van der Waals surface area contributed by atoms with Gasteiger partial charge in [-0.1, -0.05) is 5.21 Å². The van der Waals surface area contributed by atoms with Gasteiger partial charge >= 0.3 is 5.97 Å². The highest BCUT2D eigenvalue weighted by atomic mass is 16.5. The third-order valence-electron chi connectivity index (χ3n) is 4.06. The molecular weight excluding hydrogens is 294 g/mol. The van der Waals surface area contributed by atoms with Crippen LogP contribution in [0.15, 0.2) is 36.4 Å². The molecule has 4 rings (SSSR count). The van der Waals surface area contributed by atoms with Crippen molar-refractivity contribution in [2.45, 2.75) is 12.8 Å². The Balaban J connectivity index is 1.60. The fraction of sp³-hybridized carbons (Fsp3) is 0.176. The molecule has 0 spiro atoms. The molecule has 6 heteroatoms. The van der Waals surface area contributed by atoms with E-state index in [9.17, 15) is 9.59 Å². The van der Waals surface area contributed by atoms with E-state index in [2.05, 4.69) is 10.3 Å². The number of ether oxygens (including phenoxy) is 1. The van der Waals surface area contributed by atoms with Crippen LogP contribution in [-0.2, 0) is 13.5 Å². The molecule has 0 aliphatic heterocycles. The summed E-state index contributed by atoms with van der Waals surface area (Å²) in [7, 11) is 1.79. The SMILES string of the molecule is Cn1nnc2cc(C(=O)Oc3ccc4c(c3)CCC4=O)ccc21. The van der Waals surface area contributed by atoms with Crippen molar-refractivity contribution in [3.8, 4) is 5.75 Å². The number of fused-ring (bicyclic) bond motifs is 2. The molecule has 1 aliphatic carbocycles. The van der Waals surface area contributed by atoms with E-state index in [-0.39, 0.29) is 5.78 Å². The number of hydrogen-bond donors (Lipinski definition) is 0. The number of aryl methyl sites for hydroxylation is 2. The van der Waals surface area contributed by atoms with Gasteiger partial charge in [-0.25, -0.2) is 9.48 Å². The Morgan fingerprint density at radius 3 is 2.91 bits per heavy atom. The van der Waals surface area contributed by atoms with E-state index >= 15 is 0 Å². The summed E-state index contributed by atoms with van der Waals surface area (Å²) in [5.74, 6) is 0.135. The lowest BCUT2D eigenvalue weighted by atomic mass is 10.1. The number of ketones is 1. The Hall–Kier alpha value is -3.02. The molecule has 0 radical (unpaired) electrons. The molecule has 1 aliphatic rings. The van der Waals surface area contributed by atoms with Gasteiger partial charge in [-0.3, -0.25) is 4.79 Å². The standard InChI is InChI=1S/C17H13N3O3/c1-20-15-6-2-11(9-14(15)18-19-20)17(22)23-12-4-5-13-10(8-12)3-7-16(13)21/h2,4-6,8-9H,3,7H2,1H3. The van der Waals surface area contributed by atoms with Crippen molar-refractivity contribution in [3.05, 3.63) is 53.1 Å². The van der Waals surface area contributed by atoms with Crippen molar-refractivity contribution in [2.24, 2.45) is 7.05 Å². The number of aromatic nitrogens is 3. The first-order valence-corrected chi connectivity index (χ1v) is 7.29. The number of benzene rings is 2. The van der Waals surface area contributed by atoms with Gasteiger partial charge < -0.3 is 4.74 Å². The Bertz CT molecular complexity index is 959. The molecule has 0 fully saturated rings. The largest absolute Gasteiger partial charge is 0.423 e. The van der Waals surface area contributed by atoms with Crippen LogP contribution >= 0.6 is 0 Å². The lowest BCUT2D eigenvalue weighted by Gasteiger charge is -2.06. The number of nitrogens with zero attached hydrogens (tertiary/aromatic N) is 3. The van der Waals surface area contributed by atoms with Gasteiger partial charge in [0, 0.05) is 19.0 Å². The summed E-state index contributed by atoms with van der Waals surface area (Å²) >= 11 is 0. The van der Waals surface area contributed by atoms with Crippen LogP contribution in [-0.4, -0.2) is 26.7 Å². The minimum atomic E-state index is -0.457. The van der Waals surface area contributed by atoms with Gasteiger partial charge in [0.1, 0.15) is 11.3 Å². The van der Waals surface area contributed by atoms with Gasteiger partial charge in [-0.2, -0.15) is 0 Å². The summed E-state index contributed by atoms with van der Waals surface area (Å²) in [5.41, 5.74) is 3.56. The molecule has 0 atom stereocenters. The summed E-state index contributed by atoms with van der Waals surface area (Å²) in [4.78, 5) is 23.9. The van der Waals surface area contributed by atoms with Gasteiger partial charge in [-0.15, -0.1) is 5.10 Å². The first kappa shape index (κ1) is 13.6. The lowest BCUT2D eigenvalue weighted by Crippen LogP contribution is -2.08. The van der Waals surface area contributed by atoms with Crippen molar-refractivity contribution in [2.75, 3.05) is 0 Å². The zero-order valence-corrected chi connectivity index (χ0v) is 12.4. The zero-order chi connectivity index (χ0) is 16.0. The first-order chi connectivity index (χ1) is 11.1. The van der Waals surface area contributed by atoms with Gasteiger partial charge in [0.25, 0.3) is 0 Å². The fourth-order valence-electron chi connectivity index (χ4n) is 2.83. The minimum absolute atomic E-state index is 0.144. The predicted molar refractivity (Wildman–Crippen MR) is 82.6 cm³/mol. The molecule has 23 heavy (non-hydrogen) atoms. The summed E-state index contributed by atoms with van der Waals surface area (Å²) in [5, 5.41) is 7.90. The van der Waals surface area contributed by atoms with Crippen LogP contribution in [0.4, 0.5) is 0 Å². The molecule has 0 unspecified atom stereocenters. The molecular formula is C17H13N3O3. The average molecular weight is 307 g/mol. The van der Waals surface area contributed by atoms with E-state index in [1.807, 2.05) is 0 Å². The average Bonchev–Trinajstić information content (AvgIpc) is 3.11. The van der Waals surface area contributed by atoms with Crippen molar-refractivity contribution >= 4 is 22.8 Å². The monoisotopic (exact) mass is 307 g/mol. The molecule has 0 bridgehead atoms. The van der Waals surface area contributed by atoms with Crippen molar-refractivity contribution in [1.82, 2.24) is 15.0 Å². The van der Waals surface area contributed by atoms with Crippen LogP contribution in [0.1, 0.15) is 32.7 Å². The molecule has 0 saturated heterocycles. The van der Waals surface area contributed by atoms with Crippen LogP contribution in [0.2, 0.25) is 0 Å². The van der Waals surface area contributed by atoms with Gasteiger partial charge in [0.05, 0.1) is 11.1 Å². The molecule has 6 nitrogen and oxygen atoms in total. The van der Waals surface area contributed by atoms with Crippen LogP contribution in [0.5, 0.6) is 5.75 Å². The summed E-state index contributed by atoms with van der Waals surface area (Å²) in [6.45, 7) is 0. The number of esters is 1. The molecule has 114 valence electrons. The minimum Gasteiger partial charge on any atom is -0.423 e. The van der Waals surface area contributed by atoms with E-state index in [4.69, 9.17) is 4.74 Å². The van der Waals surface area contributed by atoms with Crippen LogP contribution < -0.4 is 4.74 Å². The van der Waals surface area contributed by atoms with Gasteiger partial charge in [0.15, 0.2) is 5.78 Å². The van der Waals surface area contributed by atoms with E-state index in [0.29, 0.717) is 29.7 Å². The maximum Gasteiger partial charge on any atom is 0.343 e. The van der Waals surface area contributed by atoms with Crippen LogP contribution in [0, 0.1) is 0 Å². The highest BCUT2D eigenvalue weighted by Crippen LogP contribution is 2.26. The Labute approximate surface area is 131 Å². The molecule has 1 aromatic heterocycles. The molecule has 3 aromatic rings. The number of carbonyl (C=O) groups is 2. The quantitative estimate of drug-likeness (QED) is 0.536. The summed E-state index contributed by atoms with van der Waals surface area (Å²) in [6.07, 6.45) is 1.22. The molecule has 2 aromatic carbocycles. The Morgan fingerprint density at radius 1 is 1.17 bits per heavy atom. The second-order valence-corrected chi connectivity index (χ2v) is 5.55. The third-order valence-corrected chi connectivity index (χ3v) is 4.06. The number of Topliss-reactive ketones (excluding diaryl/α,β-unsaturated/α-hetero) is 1. The maximum atomic E-state index is 12.3. The number of hydrogen-bond acceptors (Lipinski definition) is 5. The first-order valence-electron chi connectivity index (χ1n) is 7.29. The van der Waals surface area contributed by atoms with E-state index in [1.54, 1.807) is 48.1 Å². The molecule has 0 N–H and O–H groups in total. The second-order valence-electron chi connectivity index (χ2n) is 5.55. The molecule has 1 heterocycles. The topological polar surface area (TPSA) is 74.1 Å². The fourth-order valence-corrected chi connectivity index (χ4v) is 2.83. The molecule has 0 saturated carbocycles. The van der Waals surface area contributed by atoms with Crippen LogP contribution in [0.3, 0.4) is 0 Å². The molecule has 0 amide bonds. The summed E-state index contributed by atoms with van der Waals surface area (Å²) in [6, 6.07) is 10.3. The Kier molecular flexibility index (Phi) is 2.97.